The molecule has 1 fully saturated rings. The molecule has 2 N–H and O–H groups in total. The van der Waals surface area contributed by atoms with E-state index in [1.807, 2.05) is 24.4 Å². The number of pyridine rings is 2. The van der Waals surface area contributed by atoms with Crippen LogP contribution in [0.15, 0.2) is 42.9 Å². The van der Waals surface area contributed by atoms with Crippen molar-refractivity contribution >= 4 is 28.7 Å². The summed E-state index contributed by atoms with van der Waals surface area (Å²) in [6.07, 6.45) is 6.05. The zero-order valence-electron chi connectivity index (χ0n) is 16.6. The van der Waals surface area contributed by atoms with Gasteiger partial charge in [0.25, 0.3) is 5.91 Å². The van der Waals surface area contributed by atoms with Crippen LogP contribution in [0.25, 0.3) is 11.0 Å². The Kier molecular flexibility index (Phi) is 5.16. The van der Waals surface area contributed by atoms with Gasteiger partial charge >= 0.3 is 0 Å². The quantitative estimate of drug-likeness (QED) is 0.695. The summed E-state index contributed by atoms with van der Waals surface area (Å²) in [4.78, 5) is 39.6. The van der Waals surface area contributed by atoms with Crippen molar-refractivity contribution in [2.75, 3.05) is 25.5 Å². The van der Waals surface area contributed by atoms with Crippen LogP contribution < -0.4 is 5.32 Å². The maximum Gasteiger partial charge on any atom is 0.255 e. The van der Waals surface area contributed by atoms with Crippen LogP contribution in [0, 0.1) is 0 Å². The molecule has 1 aliphatic heterocycles. The van der Waals surface area contributed by atoms with Gasteiger partial charge in [-0.2, -0.15) is 0 Å². The lowest BCUT2D eigenvalue weighted by Gasteiger charge is -2.23. The van der Waals surface area contributed by atoms with Crippen molar-refractivity contribution in [1.82, 2.24) is 24.8 Å². The number of H-pyrrole nitrogens is 1. The van der Waals surface area contributed by atoms with E-state index in [9.17, 15) is 9.59 Å². The monoisotopic (exact) mass is 392 g/mol. The Morgan fingerprint density at radius 1 is 1.28 bits per heavy atom. The minimum Gasteiger partial charge on any atom is -0.366 e. The van der Waals surface area contributed by atoms with Gasteiger partial charge in [0, 0.05) is 57.6 Å². The average molecular weight is 392 g/mol. The molecule has 1 saturated heterocycles. The Morgan fingerprint density at radius 3 is 2.90 bits per heavy atom. The molecule has 4 heterocycles. The fourth-order valence-corrected chi connectivity index (χ4v) is 3.67. The molecule has 150 valence electrons. The lowest BCUT2D eigenvalue weighted by molar-refractivity contribution is -0.129. The zero-order chi connectivity index (χ0) is 20.4. The van der Waals surface area contributed by atoms with Gasteiger partial charge in [-0.3, -0.25) is 9.59 Å². The number of likely N-dealkylation sites (N-methyl/N-ethyl adjacent to an activating group) is 1. The fourth-order valence-electron chi connectivity index (χ4n) is 3.67. The molecule has 1 atom stereocenters. The number of carbonyl (C=O) groups is 2. The summed E-state index contributed by atoms with van der Waals surface area (Å²) < 4.78 is 0. The zero-order valence-corrected chi connectivity index (χ0v) is 16.6. The summed E-state index contributed by atoms with van der Waals surface area (Å²) in [5, 5.41) is 4.37. The first-order chi connectivity index (χ1) is 14.0. The third-order valence-electron chi connectivity index (χ3n) is 5.52. The molecular weight excluding hydrogens is 368 g/mol. The summed E-state index contributed by atoms with van der Waals surface area (Å²) in [6.45, 7) is 3.37. The highest BCUT2D eigenvalue weighted by atomic mass is 16.2. The Bertz CT molecular complexity index is 1030. The van der Waals surface area contributed by atoms with Crippen LogP contribution in [0.1, 0.15) is 29.3 Å². The van der Waals surface area contributed by atoms with Gasteiger partial charge in [-0.05, 0) is 36.2 Å². The molecule has 0 aliphatic carbocycles. The predicted molar refractivity (Wildman–Crippen MR) is 110 cm³/mol. The average Bonchev–Trinajstić information content (AvgIpc) is 3.41. The third-order valence-corrected chi connectivity index (χ3v) is 5.52. The highest BCUT2D eigenvalue weighted by molar-refractivity contribution is 5.94. The predicted octanol–water partition coefficient (Wildman–Crippen LogP) is 2.26. The molecule has 0 saturated carbocycles. The van der Waals surface area contributed by atoms with E-state index >= 15 is 0 Å². The first-order valence-corrected chi connectivity index (χ1v) is 9.66. The number of amides is 2. The second-order valence-electron chi connectivity index (χ2n) is 7.32. The number of nitrogens with one attached hydrogen (secondary N) is 2. The van der Waals surface area contributed by atoms with Crippen molar-refractivity contribution in [1.29, 1.82) is 0 Å². The Balaban J connectivity index is 1.37. The molecule has 0 bridgehead atoms. The van der Waals surface area contributed by atoms with Gasteiger partial charge in [-0.1, -0.05) is 0 Å². The summed E-state index contributed by atoms with van der Waals surface area (Å²) in [7, 11) is 1.78. The fraction of sp³-hybridized carbons (Fsp3) is 0.333. The second kappa shape index (κ2) is 7.90. The van der Waals surface area contributed by atoms with Gasteiger partial charge in [0.05, 0.1) is 11.6 Å². The number of fused-ring (bicyclic) bond motifs is 1. The van der Waals surface area contributed by atoms with E-state index in [0.717, 1.165) is 23.0 Å². The minimum absolute atomic E-state index is 0.0208. The molecule has 8 nitrogen and oxygen atoms in total. The first kappa shape index (κ1) is 18.9. The molecule has 4 rings (SSSR count). The van der Waals surface area contributed by atoms with E-state index in [-0.39, 0.29) is 17.9 Å². The van der Waals surface area contributed by atoms with Crippen LogP contribution in [0.5, 0.6) is 0 Å². The number of nitrogens with zero attached hydrogens (tertiary/aromatic N) is 4. The molecule has 8 heteroatoms. The Labute approximate surface area is 168 Å². The van der Waals surface area contributed by atoms with Crippen molar-refractivity contribution in [3.8, 4) is 0 Å². The molecule has 1 aliphatic rings. The van der Waals surface area contributed by atoms with Crippen LogP contribution >= 0.6 is 0 Å². The highest BCUT2D eigenvalue weighted by Gasteiger charge is 2.30. The van der Waals surface area contributed by atoms with E-state index in [4.69, 9.17) is 0 Å². The van der Waals surface area contributed by atoms with E-state index in [2.05, 4.69) is 20.3 Å². The third kappa shape index (κ3) is 3.91. The van der Waals surface area contributed by atoms with Gasteiger partial charge < -0.3 is 20.1 Å². The maximum atomic E-state index is 12.7. The van der Waals surface area contributed by atoms with Crippen molar-refractivity contribution in [3.05, 3.63) is 54.0 Å². The SMILES string of the molecule is CC(=O)N(C)[C@H]1CCN(C(=O)c2ccc(NCc3ccnc4[nH]ccc34)nc2)C1. The maximum absolute atomic E-state index is 12.7. The van der Waals surface area contributed by atoms with Gasteiger partial charge in [0.1, 0.15) is 11.5 Å². The molecule has 29 heavy (non-hydrogen) atoms. The highest BCUT2D eigenvalue weighted by Crippen LogP contribution is 2.19. The summed E-state index contributed by atoms with van der Waals surface area (Å²) in [5.41, 5.74) is 2.53. The van der Waals surface area contributed by atoms with E-state index in [1.54, 1.807) is 42.2 Å². The normalized spacial score (nSPS) is 16.2. The molecule has 3 aromatic heterocycles. The molecular formula is C21H24N6O2. The number of likely N-dealkylation sites (tertiary alicyclic amines) is 1. The number of hydrogen-bond donors (Lipinski definition) is 2. The Hall–Kier alpha value is -3.42. The van der Waals surface area contributed by atoms with Crippen LogP contribution in [0.4, 0.5) is 5.82 Å². The molecule has 2 amide bonds. The van der Waals surface area contributed by atoms with E-state index < -0.39 is 0 Å². The van der Waals surface area contributed by atoms with Gasteiger partial charge in [0.15, 0.2) is 0 Å². The minimum atomic E-state index is -0.0494. The first-order valence-electron chi connectivity index (χ1n) is 9.66. The van der Waals surface area contributed by atoms with Crippen LogP contribution in [-0.4, -0.2) is 62.7 Å². The molecule has 0 unspecified atom stereocenters. The summed E-state index contributed by atoms with van der Waals surface area (Å²) >= 11 is 0. The molecule has 0 spiro atoms. The largest absolute Gasteiger partial charge is 0.366 e. The number of rotatable bonds is 5. The number of aromatic amines is 1. The number of carbonyl (C=O) groups excluding carboxylic acids is 2. The van der Waals surface area contributed by atoms with Gasteiger partial charge in [-0.15, -0.1) is 0 Å². The summed E-state index contributed by atoms with van der Waals surface area (Å²) in [6, 6.07) is 7.66. The van der Waals surface area contributed by atoms with E-state index in [0.29, 0.717) is 31.0 Å². The Morgan fingerprint density at radius 2 is 2.14 bits per heavy atom. The smallest absolute Gasteiger partial charge is 0.255 e. The second-order valence-corrected chi connectivity index (χ2v) is 7.32. The number of anilines is 1. The topological polar surface area (TPSA) is 94.2 Å². The van der Waals surface area contributed by atoms with Crippen molar-refractivity contribution in [2.24, 2.45) is 0 Å². The van der Waals surface area contributed by atoms with Crippen LogP contribution in [-0.2, 0) is 11.3 Å². The van der Waals surface area contributed by atoms with Gasteiger partial charge in [0.2, 0.25) is 5.91 Å². The number of hydrogen-bond acceptors (Lipinski definition) is 5. The van der Waals surface area contributed by atoms with Crippen molar-refractivity contribution < 1.29 is 9.59 Å². The van der Waals surface area contributed by atoms with E-state index in [1.165, 1.54) is 0 Å². The van der Waals surface area contributed by atoms with Crippen molar-refractivity contribution in [3.63, 3.8) is 0 Å². The summed E-state index contributed by atoms with van der Waals surface area (Å²) in [5.74, 6) is 0.678. The molecule has 0 radical (unpaired) electrons. The molecule has 0 aromatic carbocycles. The van der Waals surface area contributed by atoms with Crippen LogP contribution in [0.2, 0.25) is 0 Å². The molecule has 3 aromatic rings. The number of aromatic nitrogens is 3. The lowest BCUT2D eigenvalue weighted by Crippen LogP contribution is -2.38. The standard InChI is InChI=1S/C21H24N6O2/c1-14(28)26(2)17-7-10-27(13-17)21(29)16-3-4-19(25-12-16)24-11-15-5-8-22-20-18(15)6-9-23-20/h3-6,8-9,12,17H,7,10-11,13H2,1-2H3,(H,22,23)(H,24,25)/t17-/m0/s1. The van der Waals surface area contributed by atoms with Crippen LogP contribution in [0.3, 0.4) is 0 Å². The van der Waals surface area contributed by atoms with Gasteiger partial charge in [-0.25, -0.2) is 9.97 Å². The lowest BCUT2D eigenvalue weighted by atomic mass is 10.2. The van der Waals surface area contributed by atoms with Crippen molar-refractivity contribution in [2.45, 2.75) is 25.9 Å².